The Labute approximate surface area is 138 Å². The van der Waals surface area contributed by atoms with Crippen molar-refractivity contribution in [1.29, 1.82) is 0 Å². The molecule has 1 amide bonds. The Morgan fingerprint density at radius 2 is 1.96 bits per heavy atom. The van der Waals surface area contributed by atoms with E-state index in [1.54, 1.807) is 19.9 Å². The zero-order chi connectivity index (χ0) is 17.4. The van der Waals surface area contributed by atoms with Crippen molar-refractivity contribution >= 4 is 22.5 Å². The van der Waals surface area contributed by atoms with Gasteiger partial charge in [0.05, 0.1) is 17.6 Å². The van der Waals surface area contributed by atoms with E-state index in [1.807, 2.05) is 26.0 Å². The van der Waals surface area contributed by atoms with E-state index < -0.39 is 0 Å². The summed E-state index contributed by atoms with van der Waals surface area (Å²) in [6, 6.07) is 5.51. The van der Waals surface area contributed by atoms with Crippen LogP contribution in [0.15, 0.2) is 27.5 Å². The third-order valence-corrected chi connectivity index (χ3v) is 4.38. The molecule has 0 aliphatic rings. The Kier molecular flexibility index (Phi) is 3.97. The quantitative estimate of drug-likeness (QED) is 0.775. The summed E-state index contributed by atoms with van der Waals surface area (Å²) in [5, 5.41) is 7.67. The van der Waals surface area contributed by atoms with Crippen molar-refractivity contribution in [3.63, 3.8) is 0 Å². The lowest BCUT2D eigenvalue weighted by Crippen LogP contribution is -2.16. The largest absolute Gasteiger partial charge is 0.361 e. The summed E-state index contributed by atoms with van der Waals surface area (Å²) in [7, 11) is 0. The highest BCUT2D eigenvalue weighted by atomic mass is 16.5. The van der Waals surface area contributed by atoms with Gasteiger partial charge in [-0.2, -0.15) is 0 Å². The monoisotopic (exact) mass is 325 g/mol. The van der Waals surface area contributed by atoms with Gasteiger partial charge >= 0.3 is 0 Å². The molecule has 6 nitrogen and oxygen atoms in total. The van der Waals surface area contributed by atoms with Crippen molar-refractivity contribution in [2.75, 3.05) is 5.32 Å². The first-order valence-corrected chi connectivity index (χ1v) is 7.71. The zero-order valence-electron chi connectivity index (χ0n) is 14.1. The van der Waals surface area contributed by atoms with Crippen LogP contribution in [0.3, 0.4) is 0 Å². The van der Waals surface area contributed by atoms with E-state index in [4.69, 9.17) is 4.52 Å². The smallest absolute Gasteiger partial charge is 0.251 e. The van der Waals surface area contributed by atoms with Crippen molar-refractivity contribution in [3.8, 4) is 0 Å². The second-order valence-corrected chi connectivity index (χ2v) is 5.99. The summed E-state index contributed by atoms with van der Waals surface area (Å²) in [6.07, 6.45) is 0.197. The van der Waals surface area contributed by atoms with Gasteiger partial charge in [0.1, 0.15) is 5.76 Å². The number of fused-ring (bicyclic) bond motifs is 1. The van der Waals surface area contributed by atoms with Gasteiger partial charge in [-0.05, 0) is 45.4 Å². The van der Waals surface area contributed by atoms with Crippen molar-refractivity contribution in [2.24, 2.45) is 0 Å². The number of nitrogens with one attached hydrogen (secondary N) is 2. The average molecular weight is 325 g/mol. The molecule has 2 N–H and O–H groups in total. The van der Waals surface area contributed by atoms with Gasteiger partial charge in [0.15, 0.2) is 0 Å². The minimum absolute atomic E-state index is 0.112. The van der Waals surface area contributed by atoms with Crippen LogP contribution in [0, 0.1) is 27.7 Å². The van der Waals surface area contributed by atoms with Gasteiger partial charge in [-0.1, -0.05) is 11.2 Å². The van der Waals surface area contributed by atoms with Crippen LogP contribution in [0.5, 0.6) is 0 Å². The topological polar surface area (TPSA) is 88.0 Å². The number of aromatic amines is 1. The van der Waals surface area contributed by atoms with Crippen LogP contribution in [0.1, 0.15) is 28.1 Å². The molecule has 0 fully saturated rings. The maximum absolute atomic E-state index is 12.3. The fourth-order valence-corrected chi connectivity index (χ4v) is 2.76. The summed E-state index contributed by atoms with van der Waals surface area (Å²) in [4.78, 5) is 27.0. The van der Waals surface area contributed by atoms with E-state index in [1.165, 1.54) is 0 Å². The van der Waals surface area contributed by atoms with Gasteiger partial charge in [0, 0.05) is 22.2 Å². The highest BCUT2D eigenvalue weighted by Gasteiger charge is 2.14. The third-order valence-electron chi connectivity index (χ3n) is 4.38. The highest BCUT2D eigenvalue weighted by molar-refractivity contribution is 5.95. The third kappa shape index (κ3) is 2.82. The van der Waals surface area contributed by atoms with Crippen LogP contribution in [0.2, 0.25) is 0 Å². The molecule has 2 aromatic heterocycles. The van der Waals surface area contributed by atoms with Crippen molar-refractivity contribution in [1.82, 2.24) is 10.1 Å². The number of aromatic nitrogens is 2. The van der Waals surface area contributed by atoms with E-state index >= 15 is 0 Å². The van der Waals surface area contributed by atoms with E-state index in [0.717, 1.165) is 22.2 Å². The molecule has 0 atom stereocenters. The van der Waals surface area contributed by atoms with Gasteiger partial charge in [-0.15, -0.1) is 0 Å². The number of H-pyrrole nitrogens is 1. The number of hydrogen-bond acceptors (Lipinski definition) is 4. The lowest BCUT2D eigenvalue weighted by Gasteiger charge is -2.09. The average Bonchev–Trinajstić information content (AvgIpc) is 2.84. The molecule has 3 rings (SSSR count). The Hall–Kier alpha value is -2.89. The molecule has 2 heterocycles. The number of aryl methyl sites for hydroxylation is 3. The lowest BCUT2D eigenvalue weighted by molar-refractivity contribution is -0.115. The van der Waals surface area contributed by atoms with E-state index in [-0.39, 0.29) is 17.9 Å². The van der Waals surface area contributed by atoms with Crippen LogP contribution in [-0.2, 0) is 11.2 Å². The fraction of sp³-hybridized carbons (Fsp3) is 0.278. The molecule has 0 unspecified atom stereocenters. The molecule has 6 heteroatoms. The van der Waals surface area contributed by atoms with Crippen LogP contribution in [-0.4, -0.2) is 16.0 Å². The minimum atomic E-state index is -0.157. The summed E-state index contributed by atoms with van der Waals surface area (Å²) in [5.41, 5.74) is 4.40. The molecule has 0 aliphatic carbocycles. The second kappa shape index (κ2) is 5.96. The minimum Gasteiger partial charge on any atom is -0.361 e. The molecule has 0 radical (unpaired) electrons. The number of amides is 1. The first-order chi connectivity index (χ1) is 11.4. The Balaban J connectivity index is 1.86. The molecule has 0 aliphatic heterocycles. The number of hydrogen-bond donors (Lipinski definition) is 2. The molecule has 0 saturated carbocycles. The Morgan fingerprint density at radius 1 is 1.21 bits per heavy atom. The predicted octanol–water partition coefficient (Wildman–Crippen LogP) is 2.93. The lowest BCUT2D eigenvalue weighted by atomic mass is 10.1. The van der Waals surface area contributed by atoms with Crippen LogP contribution in [0.25, 0.3) is 10.9 Å². The molecule has 0 bridgehead atoms. The number of carbonyl (C=O) groups is 1. The number of pyridine rings is 1. The number of anilines is 1. The maximum atomic E-state index is 12.3. The van der Waals surface area contributed by atoms with E-state index in [0.29, 0.717) is 22.5 Å². The number of nitrogens with zero attached hydrogens (tertiary/aromatic N) is 1. The van der Waals surface area contributed by atoms with Gasteiger partial charge < -0.3 is 14.8 Å². The van der Waals surface area contributed by atoms with Crippen molar-refractivity contribution in [3.05, 3.63) is 56.7 Å². The summed E-state index contributed by atoms with van der Waals surface area (Å²) < 4.78 is 5.07. The molecule has 0 spiro atoms. The van der Waals surface area contributed by atoms with Crippen LogP contribution < -0.4 is 10.9 Å². The van der Waals surface area contributed by atoms with Gasteiger partial charge in [0.25, 0.3) is 5.56 Å². The molecule has 0 saturated heterocycles. The first kappa shape index (κ1) is 16.0. The van der Waals surface area contributed by atoms with Crippen molar-refractivity contribution in [2.45, 2.75) is 34.1 Å². The first-order valence-electron chi connectivity index (χ1n) is 7.71. The predicted molar refractivity (Wildman–Crippen MR) is 92.4 cm³/mol. The number of rotatable bonds is 3. The SMILES string of the molecule is Cc1noc(C)c1CC(=O)Nc1ccc2c(C)c(C)c(=O)[nH]c2c1. The molecule has 1 aromatic carbocycles. The van der Waals surface area contributed by atoms with E-state index in [9.17, 15) is 9.59 Å². The van der Waals surface area contributed by atoms with Crippen LogP contribution >= 0.6 is 0 Å². The second-order valence-electron chi connectivity index (χ2n) is 5.99. The molecular weight excluding hydrogens is 306 g/mol. The summed E-state index contributed by atoms with van der Waals surface area (Å²) in [6.45, 7) is 7.31. The highest BCUT2D eigenvalue weighted by Crippen LogP contribution is 2.21. The summed E-state index contributed by atoms with van der Waals surface area (Å²) in [5.74, 6) is 0.492. The molecule has 24 heavy (non-hydrogen) atoms. The van der Waals surface area contributed by atoms with Gasteiger partial charge in [-0.25, -0.2) is 0 Å². The summed E-state index contributed by atoms with van der Waals surface area (Å²) >= 11 is 0. The van der Waals surface area contributed by atoms with Gasteiger partial charge in [0.2, 0.25) is 5.91 Å². The molecular formula is C18H19N3O3. The molecule has 124 valence electrons. The number of carbonyl (C=O) groups excluding carboxylic acids is 1. The van der Waals surface area contributed by atoms with Gasteiger partial charge in [-0.3, -0.25) is 9.59 Å². The van der Waals surface area contributed by atoms with E-state index in [2.05, 4.69) is 15.5 Å². The zero-order valence-corrected chi connectivity index (χ0v) is 14.1. The Morgan fingerprint density at radius 3 is 2.62 bits per heavy atom. The maximum Gasteiger partial charge on any atom is 0.251 e. The normalized spacial score (nSPS) is 11.0. The fourth-order valence-electron chi connectivity index (χ4n) is 2.76. The van der Waals surface area contributed by atoms with Crippen molar-refractivity contribution < 1.29 is 9.32 Å². The van der Waals surface area contributed by atoms with Crippen LogP contribution in [0.4, 0.5) is 5.69 Å². The standard InChI is InChI=1S/C18H19N3O3/c1-9-10(2)18(23)20-16-7-13(5-6-14(9)16)19-17(22)8-15-11(3)21-24-12(15)4/h5-7H,8H2,1-4H3,(H,19,22)(H,20,23). The Bertz CT molecular complexity index is 979. The number of benzene rings is 1. The molecule has 3 aromatic rings.